The average Bonchev–Trinajstić information content (AvgIpc) is 2.70. The van der Waals surface area contributed by atoms with E-state index in [9.17, 15) is 4.79 Å². The highest BCUT2D eigenvalue weighted by molar-refractivity contribution is 6.04. The Hall–Kier alpha value is -3.41. The van der Waals surface area contributed by atoms with Crippen LogP contribution in [0, 0.1) is 13.8 Å². The molecule has 2 aromatic carbocycles. The summed E-state index contributed by atoms with van der Waals surface area (Å²) in [7, 11) is 0. The molecule has 2 N–H and O–H groups in total. The third-order valence-corrected chi connectivity index (χ3v) is 4.49. The summed E-state index contributed by atoms with van der Waals surface area (Å²) >= 11 is 0. The number of carbonyl (C=O) groups is 1. The zero-order valence-corrected chi connectivity index (χ0v) is 17.2. The van der Waals surface area contributed by atoms with E-state index in [4.69, 9.17) is 4.74 Å². The van der Waals surface area contributed by atoms with Gasteiger partial charge in [-0.05, 0) is 68.7 Å². The summed E-state index contributed by atoms with van der Waals surface area (Å²) in [5.41, 5.74) is 4.80. The molecule has 150 valence electrons. The summed E-state index contributed by atoms with van der Waals surface area (Å²) in [5, 5.41) is 6.16. The second-order valence-corrected chi connectivity index (χ2v) is 6.72. The second-order valence-electron chi connectivity index (χ2n) is 6.72. The van der Waals surface area contributed by atoms with E-state index in [1.807, 2.05) is 63.2 Å². The van der Waals surface area contributed by atoms with Crippen molar-refractivity contribution in [3.05, 3.63) is 71.0 Å². The van der Waals surface area contributed by atoms with E-state index in [0.717, 1.165) is 34.7 Å². The zero-order chi connectivity index (χ0) is 20.8. The molecule has 6 heteroatoms. The number of aryl methyl sites for hydroxylation is 3. The lowest BCUT2D eigenvalue weighted by molar-refractivity contribution is 0.102. The topological polar surface area (TPSA) is 76.1 Å². The van der Waals surface area contributed by atoms with Gasteiger partial charge >= 0.3 is 0 Å². The van der Waals surface area contributed by atoms with E-state index in [1.165, 1.54) is 0 Å². The van der Waals surface area contributed by atoms with E-state index in [1.54, 1.807) is 6.07 Å². The zero-order valence-electron chi connectivity index (χ0n) is 17.2. The molecule has 6 nitrogen and oxygen atoms in total. The summed E-state index contributed by atoms with van der Waals surface area (Å²) in [6, 6.07) is 15.2. The maximum absolute atomic E-state index is 12.9. The van der Waals surface area contributed by atoms with Crippen LogP contribution in [0.3, 0.4) is 0 Å². The van der Waals surface area contributed by atoms with Gasteiger partial charge in [0.1, 0.15) is 11.4 Å². The molecule has 0 saturated carbocycles. The highest BCUT2D eigenvalue weighted by Crippen LogP contribution is 2.22. The molecule has 3 aromatic rings. The van der Waals surface area contributed by atoms with Crippen LogP contribution >= 0.6 is 0 Å². The van der Waals surface area contributed by atoms with Gasteiger partial charge < -0.3 is 15.4 Å². The molecule has 0 bridgehead atoms. The van der Waals surface area contributed by atoms with Crippen LogP contribution in [-0.2, 0) is 6.42 Å². The van der Waals surface area contributed by atoms with Crippen LogP contribution in [0.25, 0.3) is 0 Å². The first-order valence-corrected chi connectivity index (χ1v) is 9.75. The summed E-state index contributed by atoms with van der Waals surface area (Å²) in [5.74, 6) is 0.919. The summed E-state index contributed by atoms with van der Waals surface area (Å²) in [4.78, 5) is 21.7. The molecule has 0 aliphatic rings. The van der Waals surface area contributed by atoms with Gasteiger partial charge in [-0.2, -0.15) is 0 Å². The molecule has 0 spiro atoms. The summed E-state index contributed by atoms with van der Waals surface area (Å²) in [6.45, 7) is 8.46. The van der Waals surface area contributed by atoms with Gasteiger partial charge in [-0.25, -0.2) is 9.97 Å². The van der Waals surface area contributed by atoms with Gasteiger partial charge in [0.2, 0.25) is 5.95 Å². The van der Waals surface area contributed by atoms with E-state index in [-0.39, 0.29) is 5.91 Å². The lowest BCUT2D eigenvalue weighted by Gasteiger charge is -2.13. The number of carbonyl (C=O) groups excluding carboxylic acids is 1. The minimum absolute atomic E-state index is 0.255. The summed E-state index contributed by atoms with van der Waals surface area (Å²) in [6.07, 6.45) is 0.838. The van der Waals surface area contributed by atoms with Crippen molar-refractivity contribution >= 4 is 23.2 Å². The number of anilines is 3. The lowest BCUT2D eigenvalue weighted by Crippen LogP contribution is -2.17. The highest BCUT2D eigenvalue weighted by atomic mass is 16.5. The van der Waals surface area contributed by atoms with Gasteiger partial charge in [-0.1, -0.05) is 25.1 Å². The summed E-state index contributed by atoms with van der Waals surface area (Å²) < 4.78 is 5.45. The number of para-hydroxylation sites is 1. The number of rotatable bonds is 7. The predicted molar refractivity (Wildman–Crippen MR) is 116 cm³/mol. The SMILES string of the molecule is CCOc1ccc(Nc2nc(C)cc(C(=O)Nc3c(C)cccc3CC)n2)cc1. The standard InChI is InChI=1S/C23H26N4O2/c1-5-17-9-7-8-15(3)21(17)27-22(28)20-14-16(4)24-23(26-20)25-18-10-12-19(13-11-18)29-6-2/h7-14H,5-6H2,1-4H3,(H,27,28)(H,24,25,26). The van der Waals surface area contributed by atoms with Crippen LogP contribution in [-0.4, -0.2) is 22.5 Å². The van der Waals surface area contributed by atoms with Crippen LogP contribution in [0.2, 0.25) is 0 Å². The predicted octanol–water partition coefficient (Wildman–Crippen LogP) is 5.05. The fourth-order valence-electron chi connectivity index (χ4n) is 3.05. The molecule has 0 radical (unpaired) electrons. The Morgan fingerprint density at radius 3 is 2.48 bits per heavy atom. The Kier molecular flexibility index (Phi) is 6.44. The Balaban J connectivity index is 1.80. The molecular weight excluding hydrogens is 364 g/mol. The van der Waals surface area contributed by atoms with Gasteiger partial charge in [-0.3, -0.25) is 4.79 Å². The molecule has 0 aliphatic heterocycles. The molecule has 1 amide bonds. The largest absolute Gasteiger partial charge is 0.494 e. The van der Waals surface area contributed by atoms with Crippen LogP contribution in [0.1, 0.15) is 41.2 Å². The maximum atomic E-state index is 12.9. The number of aromatic nitrogens is 2. The molecule has 0 unspecified atom stereocenters. The third-order valence-electron chi connectivity index (χ3n) is 4.49. The molecule has 29 heavy (non-hydrogen) atoms. The minimum Gasteiger partial charge on any atom is -0.494 e. The van der Waals surface area contributed by atoms with Crippen molar-refractivity contribution in [2.75, 3.05) is 17.2 Å². The quantitative estimate of drug-likeness (QED) is 0.590. The van der Waals surface area contributed by atoms with Gasteiger partial charge in [0.15, 0.2) is 0 Å². The molecule has 0 saturated heterocycles. The van der Waals surface area contributed by atoms with Crippen molar-refractivity contribution < 1.29 is 9.53 Å². The maximum Gasteiger partial charge on any atom is 0.274 e. The normalized spacial score (nSPS) is 10.5. The number of hydrogen-bond acceptors (Lipinski definition) is 5. The Bertz CT molecular complexity index is 1000. The van der Waals surface area contributed by atoms with Crippen LogP contribution in [0.4, 0.5) is 17.3 Å². The van der Waals surface area contributed by atoms with Gasteiger partial charge in [0.25, 0.3) is 5.91 Å². The molecule has 1 aromatic heterocycles. The first-order chi connectivity index (χ1) is 14.0. The fraction of sp³-hybridized carbons (Fsp3) is 0.261. The number of ether oxygens (including phenoxy) is 1. The Morgan fingerprint density at radius 1 is 1.03 bits per heavy atom. The van der Waals surface area contributed by atoms with Crippen molar-refractivity contribution in [1.82, 2.24) is 9.97 Å². The lowest BCUT2D eigenvalue weighted by atomic mass is 10.1. The van der Waals surface area contributed by atoms with E-state index in [0.29, 0.717) is 23.9 Å². The molecule has 0 aliphatic carbocycles. The van der Waals surface area contributed by atoms with Crippen LogP contribution in [0.5, 0.6) is 5.75 Å². The van der Waals surface area contributed by atoms with Gasteiger partial charge in [0.05, 0.1) is 6.61 Å². The fourth-order valence-corrected chi connectivity index (χ4v) is 3.05. The van der Waals surface area contributed by atoms with Crippen molar-refractivity contribution in [3.63, 3.8) is 0 Å². The highest BCUT2D eigenvalue weighted by Gasteiger charge is 2.14. The molecule has 0 atom stereocenters. The Labute approximate surface area is 171 Å². The van der Waals surface area contributed by atoms with E-state index >= 15 is 0 Å². The number of nitrogens with one attached hydrogen (secondary N) is 2. The number of hydrogen-bond donors (Lipinski definition) is 2. The minimum atomic E-state index is -0.255. The van der Waals surface area contributed by atoms with Crippen LogP contribution < -0.4 is 15.4 Å². The van der Waals surface area contributed by atoms with Gasteiger partial charge in [0, 0.05) is 17.1 Å². The van der Waals surface area contributed by atoms with Crippen molar-refractivity contribution in [2.45, 2.75) is 34.1 Å². The molecular formula is C23H26N4O2. The molecule has 3 rings (SSSR count). The third kappa shape index (κ3) is 5.10. The first-order valence-electron chi connectivity index (χ1n) is 9.75. The van der Waals surface area contributed by atoms with Crippen molar-refractivity contribution in [3.8, 4) is 5.75 Å². The number of benzene rings is 2. The van der Waals surface area contributed by atoms with Crippen molar-refractivity contribution in [2.24, 2.45) is 0 Å². The second kappa shape index (κ2) is 9.19. The van der Waals surface area contributed by atoms with E-state index in [2.05, 4.69) is 27.5 Å². The van der Waals surface area contributed by atoms with Crippen LogP contribution in [0.15, 0.2) is 48.5 Å². The smallest absolute Gasteiger partial charge is 0.274 e. The monoisotopic (exact) mass is 390 g/mol. The molecule has 0 fully saturated rings. The Morgan fingerprint density at radius 2 is 1.79 bits per heavy atom. The number of nitrogens with zero attached hydrogens (tertiary/aromatic N) is 2. The van der Waals surface area contributed by atoms with Gasteiger partial charge in [-0.15, -0.1) is 0 Å². The average molecular weight is 390 g/mol. The van der Waals surface area contributed by atoms with Crippen molar-refractivity contribution in [1.29, 1.82) is 0 Å². The van der Waals surface area contributed by atoms with E-state index < -0.39 is 0 Å². The number of amides is 1. The molecule has 1 heterocycles. The first kappa shape index (κ1) is 20.3.